The molecule has 0 aliphatic rings. The zero-order valence-corrected chi connectivity index (χ0v) is 15.7. The number of nitrogens with two attached hydrogens (primary N) is 1. The Balaban J connectivity index is -0.000000114. The molecule has 2 N–H and O–H groups in total. The maximum absolute atomic E-state index is 9.40. The minimum absolute atomic E-state index is 0.225. The van der Waals surface area contributed by atoms with Gasteiger partial charge in [-0.25, -0.2) is 0 Å². The van der Waals surface area contributed by atoms with Crippen LogP contribution in [0.15, 0.2) is 37.0 Å². The molecule has 0 bridgehead atoms. The zero-order chi connectivity index (χ0) is 18.2. The fraction of sp³-hybridized carbons (Fsp3) is 0.632. The fourth-order valence-electron chi connectivity index (χ4n) is 0.975. The highest BCUT2D eigenvalue weighted by molar-refractivity contribution is 5.48. The van der Waals surface area contributed by atoms with Gasteiger partial charge in [-0.3, -0.25) is 0 Å². The second-order valence-electron chi connectivity index (χ2n) is 4.20. The molecule has 1 unspecified atom stereocenters. The average molecular weight is 314 g/mol. The van der Waals surface area contributed by atoms with Gasteiger partial charge in [0, 0.05) is 19.6 Å². The Morgan fingerprint density at radius 1 is 1.23 bits per heavy atom. The third-order valence-electron chi connectivity index (χ3n) is 2.41. The summed E-state index contributed by atoms with van der Waals surface area (Å²) >= 11 is 0. The van der Waals surface area contributed by atoms with Crippen molar-refractivity contribution in [2.75, 3.05) is 13.7 Å². The van der Waals surface area contributed by atoms with Crippen LogP contribution in [-0.2, 0) is 9.53 Å². The van der Waals surface area contributed by atoms with E-state index in [1.54, 1.807) is 13.2 Å². The number of ether oxygens (including phenoxy) is 1. The van der Waals surface area contributed by atoms with Gasteiger partial charge in [-0.05, 0) is 33.1 Å². The Bertz CT molecular complexity index is 238. The summed E-state index contributed by atoms with van der Waals surface area (Å²) in [5, 5.41) is 0. The van der Waals surface area contributed by atoms with E-state index >= 15 is 0 Å². The van der Waals surface area contributed by atoms with Crippen molar-refractivity contribution >= 4 is 6.29 Å². The predicted octanol–water partition coefficient (Wildman–Crippen LogP) is 5.08. The fourth-order valence-corrected chi connectivity index (χ4v) is 0.975. The molecule has 132 valence electrons. The summed E-state index contributed by atoms with van der Waals surface area (Å²) in [6, 6.07) is 0.225. The van der Waals surface area contributed by atoms with Crippen LogP contribution in [-0.4, -0.2) is 26.0 Å². The lowest BCUT2D eigenvalue weighted by Crippen LogP contribution is -2.20. The molecule has 0 aliphatic heterocycles. The van der Waals surface area contributed by atoms with Crippen molar-refractivity contribution in [3.63, 3.8) is 0 Å². The van der Waals surface area contributed by atoms with Crippen LogP contribution in [0.4, 0.5) is 0 Å². The second kappa shape index (κ2) is 32.0. The highest BCUT2D eigenvalue weighted by Gasteiger charge is 2.00. The third kappa shape index (κ3) is 36.4. The van der Waals surface area contributed by atoms with Crippen LogP contribution in [0.1, 0.15) is 60.3 Å². The molecule has 0 saturated heterocycles. The van der Waals surface area contributed by atoms with Crippen molar-refractivity contribution in [1.82, 2.24) is 0 Å². The summed E-state index contributed by atoms with van der Waals surface area (Å²) in [5.41, 5.74) is 7.06. The van der Waals surface area contributed by atoms with E-state index in [1.165, 1.54) is 5.57 Å². The Kier molecular flexibility index (Phi) is 42.0. The molecule has 0 radical (unpaired) electrons. The standard InChI is InChI=1S/C9H17N.2C4H8O.C2H6/c1-4-6-7-9(10)8(3)5-2;1-3-4-5-2;1-2-3-4-5;1-2/h4-5,9H,1,6-7,10H2,2-3H3;3H,1,4H2,2H3;4H,2-3H2,1H3;1-2H3/b8-5+;;;. The van der Waals surface area contributed by atoms with Crippen LogP contribution in [0.3, 0.4) is 0 Å². The van der Waals surface area contributed by atoms with Gasteiger partial charge in [0.1, 0.15) is 6.29 Å². The van der Waals surface area contributed by atoms with E-state index in [4.69, 9.17) is 5.73 Å². The summed E-state index contributed by atoms with van der Waals surface area (Å²) < 4.78 is 4.57. The van der Waals surface area contributed by atoms with Crippen LogP contribution in [0, 0.1) is 0 Å². The van der Waals surface area contributed by atoms with E-state index in [2.05, 4.69) is 30.9 Å². The van der Waals surface area contributed by atoms with Crippen LogP contribution in [0.25, 0.3) is 0 Å². The van der Waals surface area contributed by atoms with Crippen molar-refractivity contribution < 1.29 is 9.53 Å². The lowest BCUT2D eigenvalue weighted by Gasteiger charge is -2.09. The summed E-state index contributed by atoms with van der Waals surface area (Å²) in [5.74, 6) is 0. The van der Waals surface area contributed by atoms with Gasteiger partial charge in [-0.2, -0.15) is 0 Å². The van der Waals surface area contributed by atoms with Crippen LogP contribution in [0.5, 0.6) is 0 Å². The first-order valence-electron chi connectivity index (χ1n) is 8.08. The first kappa shape index (κ1) is 28.9. The third-order valence-corrected chi connectivity index (χ3v) is 2.41. The number of aldehydes is 1. The van der Waals surface area contributed by atoms with E-state index in [9.17, 15) is 4.79 Å². The summed E-state index contributed by atoms with van der Waals surface area (Å²) in [6.45, 7) is 17.8. The largest absolute Gasteiger partial charge is 0.381 e. The Morgan fingerprint density at radius 3 is 1.95 bits per heavy atom. The molecule has 3 nitrogen and oxygen atoms in total. The Labute approximate surface area is 139 Å². The molecule has 0 aromatic rings. The lowest BCUT2D eigenvalue weighted by atomic mass is 10.0. The summed E-state index contributed by atoms with van der Waals surface area (Å²) in [7, 11) is 1.64. The maximum Gasteiger partial charge on any atom is 0.119 e. The van der Waals surface area contributed by atoms with E-state index in [0.717, 1.165) is 25.5 Å². The summed E-state index contributed by atoms with van der Waals surface area (Å²) in [4.78, 5) is 9.40. The van der Waals surface area contributed by atoms with Gasteiger partial charge in [0.05, 0.1) is 6.61 Å². The highest BCUT2D eigenvalue weighted by atomic mass is 16.5. The molecule has 22 heavy (non-hydrogen) atoms. The van der Waals surface area contributed by atoms with Crippen molar-refractivity contribution in [2.24, 2.45) is 5.73 Å². The normalized spacial score (nSPS) is 10.4. The van der Waals surface area contributed by atoms with Gasteiger partial charge < -0.3 is 15.3 Å². The number of unbranched alkanes of at least 4 members (excludes halogenated alkanes) is 1. The van der Waals surface area contributed by atoms with E-state index in [1.807, 2.05) is 33.8 Å². The van der Waals surface area contributed by atoms with E-state index in [0.29, 0.717) is 13.0 Å². The predicted molar refractivity (Wildman–Crippen MR) is 101 cm³/mol. The first-order chi connectivity index (χ1) is 10.5. The number of carbonyl (C=O) groups is 1. The quantitative estimate of drug-likeness (QED) is 0.502. The van der Waals surface area contributed by atoms with Crippen LogP contribution < -0.4 is 5.73 Å². The monoisotopic (exact) mass is 313 g/mol. The number of rotatable bonds is 8. The minimum Gasteiger partial charge on any atom is -0.381 e. The van der Waals surface area contributed by atoms with Gasteiger partial charge >= 0.3 is 0 Å². The van der Waals surface area contributed by atoms with Gasteiger partial charge in [-0.15, -0.1) is 13.2 Å². The summed E-state index contributed by atoms with van der Waals surface area (Å²) in [6.07, 6.45) is 10.3. The van der Waals surface area contributed by atoms with Gasteiger partial charge in [-0.1, -0.05) is 44.6 Å². The van der Waals surface area contributed by atoms with Crippen molar-refractivity contribution in [2.45, 2.75) is 66.3 Å². The number of carbonyl (C=O) groups excluding carboxylic acids is 1. The van der Waals surface area contributed by atoms with Crippen LogP contribution >= 0.6 is 0 Å². The van der Waals surface area contributed by atoms with Crippen LogP contribution in [0.2, 0.25) is 0 Å². The van der Waals surface area contributed by atoms with Gasteiger partial charge in [0.15, 0.2) is 0 Å². The molecule has 0 fully saturated rings. The number of allylic oxidation sites excluding steroid dienone is 2. The topological polar surface area (TPSA) is 52.3 Å². The molecule has 0 spiro atoms. The molecular formula is C19H39NO2. The van der Waals surface area contributed by atoms with Crippen molar-refractivity contribution in [1.29, 1.82) is 0 Å². The molecule has 0 aromatic carbocycles. The number of methoxy groups -OCH3 is 1. The smallest absolute Gasteiger partial charge is 0.119 e. The molecule has 0 amide bonds. The molecule has 3 heteroatoms. The minimum atomic E-state index is 0.225. The Morgan fingerprint density at radius 2 is 1.77 bits per heavy atom. The second-order valence-corrected chi connectivity index (χ2v) is 4.20. The first-order valence-corrected chi connectivity index (χ1v) is 8.08. The Hall–Kier alpha value is -1.19. The van der Waals surface area contributed by atoms with Gasteiger partial charge in [0.2, 0.25) is 0 Å². The highest BCUT2D eigenvalue weighted by Crippen LogP contribution is 2.04. The number of hydrogen-bond donors (Lipinski definition) is 1. The van der Waals surface area contributed by atoms with Crippen molar-refractivity contribution in [3.8, 4) is 0 Å². The molecule has 0 heterocycles. The average Bonchev–Trinajstić information content (AvgIpc) is 2.56. The lowest BCUT2D eigenvalue weighted by molar-refractivity contribution is -0.107. The van der Waals surface area contributed by atoms with Gasteiger partial charge in [0.25, 0.3) is 0 Å². The number of hydrogen-bond acceptors (Lipinski definition) is 3. The molecule has 0 aromatic heterocycles. The molecule has 0 rings (SSSR count). The maximum atomic E-state index is 9.40. The zero-order valence-electron chi connectivity index (χ0n) is 15.7. The van der Waals surface area contributed by atoms with E-state index < -0.39 is 0 Å². The molecular weight excluding hydrogens is 274 g/mol. The SMILES string of the molecule is C=CCCC(N)/C(C)=C/C.C=CCOC.CC.CCCC=O. The molecule has 0 aliphatic carbocycles. The van der Waals surface area contributed by atoms with E-state index in [-0.39, 0.29) is 6.04 Å². The molecule has 0 saturated carbocycles. The van der Waals surface area contributed by atoms with Crippen molar-refractivity contribution in [3.05, 3.63) is 37.0 Å². The molecule has 1 atom stereocenters.